The minimum atomic E-state index is 0.292. The lowest BCUT2D eigenvalue weighted by atomic mass is 10.2. The van der Waals surface area contributed by atoms with Gasteiger partial charge in [0.05, 0.1) is 11.0 Å². The van der Waals surface area contributed by atoms with Crippen molar-refractivity contribution in [1.29, 1.82) is 0 Å². The molecule has 0 fully saturated rings. The molecule has 78 valence electrons. The number of ether oxygens (including phenoxy) is 2. The van der Waals surface area contributed by atoms with Crippen molar-refractivity contribution in [2.45, 2.75) is 6.54 Å². The third kappa shape index (κ3) is 2.03. The van der Waals surface area contributed by atoms with E-state index >= 15 is 0 Å². The maximum absolute atomic E-state index is 10.0. The fourth-order valence-corrected chi connectivity index (χ4v) is 1.93. The molecule has 0 saturated carbocycles. The van der Waals surface area contributed by atoms with Crippen LogP contribution in [0.2, 0.25) is 0 Å². The second-order valence-corrected chi connectivity index (χ2v) is 3.76. The molecule has 15 heavy (non-hydrogen) atoms. The first-order valence-corrected chi connectivity index (χ1v) is 5.23. The van der Waals surface area contributed by atoms with Crippen LogP contribution in [0, 0.1) is 0 Å². The zero-order valence-corrected chi connectivity index (χ0v) is 9.41. The van der Waals surface area contributed by atoms with Crippen molar-refractivity contribution < 1.29 is 14.3 Å². The summed E-state index contributed by atoms with van der Waals surface area (Å²) < 4.78 is 11.7. The van der Waals surface area contributed by atoms with Gasteiger partial charge >= 0.3 is 0 Å². The number of fused-ring (bicyclic) bond motifs is 1. The number of aliphatic imine (C=N–C) groups is 1. The van der Waals surface area contributed by atoms with E-state index in [-0.39, 0.29) is 0 Å². The van der Waals surface area contributed by atoms with Gasteiger partial charge in [0.25, 0.3) is 0 Å². The molecule has 2 rings (SSSR count). The van der Waals surface area contributed by atoms with Gasteiger partial charge in [-0.15, -0.1) is 0 Å². The molecule has 0 spiro atoms. The first kappa shape index (κ1) is 10.2. The highest BCUT2D eigenvalue weighted by Gasteiger charge is 2.17. The molecule has 0 saturated heterocycles. The molecule has 0 N–H and O–H groups in total. The van der Waals surface area contributed by atoms with Crippen molar-refractivity contribution in [3.8, 4) is 11.5 Å². The molecule has 0 aliphatic carbocycles. The summed E-state index contributed by atoms with van der Waals surface area (Å²) in [6.45, 7) is 1.39. The van der Waals surface area contributed by atoms with Crippen molar-refractivity contribution in [3.63, 3.8) is 0 Å². The number of carbonyl (C=O) groups excluding carboxylic acids is 1. The summed E-state index contributed by atoms with van der Waals surface area (Å²) in [6.07, 6.45) is 1.51. The maximum atomic E-state index is 10.0. The number of nitrogens with zero attached hydrogens (tertiary/aromatic N) is 1. The molecule has 1 aliphatic rings. The zero-order valence-electron chi connectivity index (χ0n) is 7.83. The van der Waals surface area contributed by atoms with Crippen molar-refractivity contribution in [3.05, 3.63) is 22.2 Å². The minimum absolute atomic E-state index is 0.292. The van der Waals surface area contributed by atoms with Gasteiger partial charge < -0.3 is 9.47 Å². The fourth-order valence-electron chi connectivity index (χ4n) is 1.36. The Morgan fingerprint density at radius 1 is 1.40 bits per heavy atom. The molecule has 4 nitrogen and oxygen atoms in total. The molecular weight excluding hydrogens is 262 g/mol. The van der Waals surface area contributed by atoms with Crippen LogP contribution in [0.4, 0.5) is 0 Å². The number of benzene rings is 1. The Morgan fingerprint density at radius 3 is 3.00 bits per heavy atom. The maximum Gasteiger partial charge on any atom is 0.235 e. The highest BCUT2D eigenvalue weighted by Crippen LogP contribution is 2.39. The highest BCUT2D eigenvalue weighted by molar-refractivity contribution is 9.10. The van der Waals surface area contributed by atoms with E-state index in [4.69, 9.17) is 9.47 Å². The summed E-state index contributed by atoms with van der Waals surface area (Å²) in [6, 6.07) is 3.66. The standard InChI is InChI=1S/C10H8BrNO3/c11-9-7(5-12-6-13)1-2-8-10(9)15-4-3-14-8/h1-2H,3-5H2. The van der Waals surface area contributed by atoms with Gasteiger partial charge in [-0.2, -0.15) is 0 Å². The van der Waals surface area contributed by atoms with E-state index in [2.05, 4.69) is 20.9 Å². The van der Waals surface area contributed by atoms with Gasteiger partial charge in [-0.3, -0.25) is 0 Å². The average Bonchev–Trinajstić information content (AvgIpc) is 2.29. The normalized spacial score (nSPS) is 13.1. The molecular formula is C10H8BrNO3. The summed E-state index contributed by atoms with van der Waals surface area (Å²) in [5.74, 6) is 1.40. The third-order valence-corrected chi connectivity index (χ3v) is 2.91. The third-order valence-electron chi connectivity index (χ3n) is 2.04. The molecule has 0 amide bonds. The van der Waals surface area contributed by atoms with E-state index in [0.29, 0.717) is 31.3 Å². The zero-order chi connectivity index (χ0) is 10.7. The molecule has 1 aliphatic heterocycles. The van der Waals surface area contributed by atoms with Crippen molar-refractivity contribution in [2.75, 3.05) is 13.2 Å². The molecule has 0 atom stereocenters. The van der Waals surface area contributed by atoms with Crippen LogP contribution in [0.15, 0.2) is 21.6 Å². The van der Waals surface area contributed by atoms with Gasteiger partial charge in [0.15, 0.2) is 11.5 Å². The Labute approximate surface area is 95.0 Å². The van der Waals surface area contributed by atoms with Gasteiger partial charge in [0.2, 0.25) is 6.08 Å². The molecule has 0 unspecified atom stereocenters. The number of hydrogen-bond donors (Lipinski definition) is 0. The highest BCUT2D eigenvalue weighted by atomic mass is 79.9. The molecule has 0 radical (unpaired) electrons. The predicted octanol–water partition coefficient (Wildman–Crippen LogP) is 2.06. The fraction of sp³-hybridized carbons (Fsp3) is 0.300. The van der Waals surface area contributed by atoms with Gasteiger partial charge in [-0.1, -0.05) is 6.07 Å². The van der Waals surface area contributed by atoms with Crippen molar-refractivity contribution in [2.24, 2.45) is 4.99 Å². The summed E-state index contributed by atoms with van der Waals surface area (Å²) in [7, 11) is 0. The Morgan fingerprint density at radius 2 is 2.20 bits per heavy atom. The van der Waals surface area contributed by atoms with Crippen LogP contribution in [0.1, 0.15) is 5.56 Å². The summed E-state index contributed by atoms with van der Waals surface area (Å²) >= 11 is 3.40. The number of hydrogen-bond acceptors (Lipinski definition) is 4. The van der Waals surface area contributed by atoms with E-state index in [1.807, 2.05) is 12.1 Å². The first-order valence-electron chi connectivity index (χ1n) is 4.43. The Kier molecular flexibility index (Phi) is 3.04. The average molecular weight is 270 g/mol. The van der Waals surface area contributed by atoms with E-state index in [1.165, 1.54) is 6.08 Å². The topological polar surface area (TPSA) is 47.9 Å². The van der Waals surface area contributed by atoms with Gasteiger partial charge in [-0.05, 0) is 27.6 Å². The molecule has 5 heteroatoms. The number of rotatable bonds is 2. The van der Waals surface area contributed by atoms with Gasteiger partial charge in [-0.25, -0.2) is 9.79 Å². The van der Waals surface area contributed by atoms with Crippen molar-refractivity contribution >= 4 is 22.0 Å². The van der Waals surface area contributed by atoms with Gasteiger partial charge in [0, 0.05) is 0 Å². The van der Waals surface area contributed by atoms with Crippen molar-refractivity contribution in [1.82, 2.24) is 0 Å². The quantitative estimate of drug-likeness (QED) is 0.610. The van der Waals surface area contributed by atoms with Crippen LogP contribution in [-0.2, 0) is 11.3 Å². The van der Waals surface area contributed by atoms with Crippen LogP contribution in [0.5, 0.6) is 11.5 Å². The number of halogens is 1. The smallest absolute Gasteiger partial charge is 0.235 e. The first-order chi connectivity index (χ1) is 7.33. The largest absolute Gasteiger partial charge is 0.486 e. The molecule has 1 aromatic rings. The lowest BCUT2D eigenvalue weighted by Gasteiger charge is -2.20. The van der Waals surface area contributed by atoms with Crippen LogP contribution in [-0.4, -0.2) is 19.3 Å². The van der Waals surface area contributed by atoms with Crippen LogP contribution in [0.3, 0.4) is 0 Å². The van der Waals surface area contributed by atoms with E-state index in [0.717, 1.165) is 10.0 Å². The molecule has 0 bridgehead atoms. The van der Waals surface area contributed by atoms with E-state index in [1.54, 1.807) is 0 Å². The Bertz CT molecular complexity index is 427. The summed E-state index contributed by atoms with van der Waals surface area (Å²) in [5.41, 5.74) is 0.877. The Balaban J connectivity index is 2.38. The minimum Gasteiger partial charge on any atom is -0.486 e. The van der Waals surface area contributed by atoms with E-state index < -0.39 is 0 Å². The Hall–Kier alpha value is -1.32. The van der Waals surface area contributed by atoms with Crippen LogP contribution >= 0.6 is 15.9 Å². The number of isocyanates is 1. The van der Waals surface area contributed by atoms with Crippen LogP contribution in [0.25, 0.3) is 0 Å². The lowest BCUT2D eigenvalue weighted by molar-refractivity contribution is 0.170. The van der Waals surface area contributed by atoms with Crippen LogP contribution < -0.4 is 9.47 Å². The lowest BCUT2D eigenvalue weighted by Crippen LogP contribution is -2.16. The predicted molar refractivity (Wildman–Crippen MR) is 57.0 cm³/mol. The SMILES string of the molecule is O=C=NCc1ccc2c(c1Br)OCCO2. The van der Waals surface area contributed by atoms with E-state index in [9.17, 15) is 4.79 Å². The summed E-state index contributed by atoms with van der Waals surface area (Å²) in [5, 5.41) is 0. The van der Waals surface area contributed by atoms with Gasteiger partial charge in [0.1, 0.15) is 13.2 Å². The molecule has 1 aromatic carbocycles. The second kappa shape index (κ2) is 4.47. The molecule has 1 heterocycles. The second-order valence-electron chi connectivity index (χ2n) is 2.97. The monoisotopic (exact) mass is 269 g/mol. The molecule has 0 aromatic heterocycles. The summed E-state index contributed by atoms with van der Waals surface area (Å²) in [4.78, 5) is 13.5.